The summed E-state index contributed by atoms with van der Waals surface area (Å²) >= 11 is 0. The van der Waals surface area contributed by atoms with E-state index in [0.29, 0.717) is 22.8 Å². The summed E-state index contributed by atoms with van der Waals surface area (Å²) in [5, 5.41) is 12.4. The number of hydrazone groups is 2. The Morgan fingerprint density at radius 3 is 1.51 bits per heavy atom. The number of amides is 2. The lowest BCUT2D eigenvalue weighted by Crippen LogP contribution is -2.40. The van der Waals surface area contributed by atoms with Crippen LogP contribution in [0.4, 0.5) is 11.4 Å². The van der Waals surface area contributed by atoms with Gasteiger partial charge in [-0.3, -0.25) is 9.59 Å². The van der Waals surface area contributed by atoms with Crippen LogP contribution in [0.2, 0.25) is 0 Å². The first-order valence-electron chi connectivity index (χ1n) is 11.8. The zero-order valence-corrected chi connectivity index (χ0v) is 20.2. The van der Waals surface area contributed by atoms with E-state index in [4.69, 9.17) is 10.2 Å². The Morgan fingerprint density at radius 1 is 0.629 bits per heavy atom. The number of rotatable bonds is 3. The third-order valence-corrected chi connectivity index (χ3v) is 7.97. The van der Waals surface area contributed by atoms with E-state index in [1.165, 1.54) is 15.6 Å². The number of para-hydroxylation sites is 2. The minimum atomic E-state index is -1.11. The minimum absolute atomic E-state index is 0.178. The van der Waals surface area contributed by atoms with Crippen LogP contribution < -0.4 is 10.0 Å². The molecule has 2 atom stereocenters. The molecule has 0 saturated heterocycles. The van der Waals surface area contributed by atoms with Crippen LogP contribution in [0.25, 0.3) is 0 Å². The van der Waals surface area contributed by atoms with Crippen LogP contribution in [0.15, 0.2) is 89.1 Å². The quantitative estimate of drug-likeness (QED) is 0.536. The molecule has 1 fully saturated rings. The fourth-order valence-electron chi connectivity index (χ4n) is 6.17. The van der Waals surface area contributed by atoms with E-state index in [9.17, 15) is 9.59 Å². The number of fused-ring (bicyclic) bond motifs is 1. The molecule has 6 rings (SSSR count). The summed E-state index contributed by atoms with van der Waals surface area (Å²) in [6, 6.07) is 25.0. The van der Waals surface area contributed by atoms with Crippen molar-refractivity contribution in [3.63, 3.8) is 0 Å². The molecule has 1 saturated carbocycles. The number of carbonyl (C=O) groups excluding carboxylic acids is 2. The summed E-state index contributed by atoms with van der Waals surface area (Å²) in [5.74, 6) is -0.742. The normalized spacial score (nSPS) is 27.1. The van der Waals surface area contributed by atoms with Crippen molar-refractivity contribution in [1.82, 2.24) is 0 Å². The number of anilines is 2. The molecule has 2 amide bonds. The van der Waals surface area contributed by atoms with Gasteiger partial charge in [-0.05, 0) is 68.7 Å². The van der Waals surface area contributed by atoms with Crippen LogP contribution in [0.5, 0.6) is 0 Å². The van der Waals surface area contributed by atoms with Crippen LogP contribution in [0, 0.1) is 24.7 Å². The van der Waals surface area contributed by atoms with Gasteiger partial charge in [0.25, 0.3) is 11.8 Å². The fourth-order valence-corrected chi connectivity index (χ4v) is 6.17. The highest BCUT2D eigenvalue weighted by Crippen LogP contribution is 2.79. The molecule has 35 heavy (non-hydrogen) atoms. The predicted molar refractivity (Wildman–Crippen MR) is 138 cm³/mol. The number of hydrogen-bond acceptors (Lipinski definition) is 4. The number of benzene rings is 3. The zero-order chi connectivity index (χ0) is 24.5. The van der Waals surface area contributed by atoms with Crippen molar-refractivity contribution in [1.29, 1.82) is 0 Å². The molecule has 6 nitrogen and oxygen atoms in total. The van der Waals surface area contributed by atoms with Crippen LogP contribution in [0.3, 0.4) is 0 Å². The van der Waals surface area contributed by atoms with Crippen molar-refractivity contribution in [3.05, 3.63) is 95.6 Å². The first-order chi connectivity index (χ1) is 16.8. The zero-order valence-electron chi connectivity index (χ0n) is 20.2. The summed E-state index contributed by atoms with van der Waals surface area (Å²) in [5.41, 5.74) is 3.70. The van der Waals surface area contributed by atoms with E-state index in [1.54, 1.807) is 0 Å². The molecule has 0 unspecified atom stereocenters. The molecule has 0 radical (unpaired) electrons. The number of carbonyl (C=O) groups is 2. The van der Waals surface area contributed by atoms with Gasteiger partial charge in [-0.1, -0.05) is 54.6 Å². The van der Waals surface area contributed by atoms with Crippen molar-refractivity contribution in [2.45, 2.75) is 33.6 Å². The lowest BCUT2D eigenvalue weighted by Gasteiger charge is -2.18. The van der Waals surface area contributed by atoms with Gasteiger partial charge >= 0.3 is 0 Å². The van der Waals surface area contributed by atoms with E-state index in [0.717, 1.165) is 11.1 Å². The summed E-state index contributed by atoms with van der Waals surface area (Å²) in [4.78, 5) is 28.6. The van der Waals surface area contributed by atoms with Crippen LogP contribution in [0.1, 0.15) is 36.5 Å². The van der Waals surface area contributed by atoms with E-state index in [1.807, 2.05) is 80.6 Å². The Kier molecular flexibility index (Phi) is 4.43. The lowest BCUT2D eigenvalue weighted by molar-refractivity contribution is -0.126. The molecule has 2 spiro atoms. The molecule has 0 aromatic heterocycles. The van der Waals surface area contributed by atoms with Gasteiger partial charge in [0, 0.05) is 5.92 Å². The Morgan fingerprint density at radius 2 is 1.09 bits per heavy atom. The largest absolute Gasteiger partial charge is 0.271 e. The van der Waals surface area contributed by atoms with Crippen molar-refractivity contribution < 1.29 is 9.59 Å². The molecule has 0 bridgehead atoms. The second kappa shape index (κ2) is 7.22. The number of nitrogens with zero attached hydrogens (tertiary/aromatic N) is 4. The van der Waals surface area contributed by atoms with Gasteiger partial charge in [0.1, 0.15) is 10.8 Å². The van der Waals surface area contributed by atoms with Gasteiger partial charge in [-0.25, -0.2) is 0 Å². The Bertz CT molecular complexity index is 1360. The first-order valence-corrected chi connectivity index (χ1v) is 11.8. The van der Waals surface area contributed by atoms with Gasteiger partial charge < -0.3 is 0 Å². The third-order valence-electron chi connectivity index (χ3n) is 7.97. The molecule has 2 aliphatic heterocycles. The molecule has 3 aliphatic rings. The highest BCUT2D eigenvalue weighted by molar-refractivity contribution is 6.37. The Labute approximate surface area is 204 Å². The first kappa shape index (κ1) is 21.5. The maximum atomic E-state index is 14.3. The highest BCUT2D eigenvalue weighted by Gasteiger charge is 2.91. The number of hydrogen-bond donors (Lipinski definition) is 0. The second-order valence-electron chi connectivity index (χ2n) is 9.67. The maximum Gasteiger partial charge on any atom is 0.261 e. The SMILES string of the molecule is CC1=NN(c2ccccc2)C(=O)[C@@]12C(c1ccc(C)c(C)c1)[C@@]21C(=O)N(c2ccccc2)N=C1C. The monoisotopic (exact) mass is 462 g/mol. The summed E-state index contributed by atoms with van der Waals surface area (Å²) < 4.78 is 0. The summed E-state index contributed by atoms with van der Waals surface area (Å²) in [7, 11) is 0. The van der Waals surface area contributed by atoms with Crippen LogP contribution in [-0.4, -0.2) is 23.2 Å². The molecule has 1 aliphatic carbocycles. The maximum absolute atomic E-state index is 14.3. The van der Waals surface area contributed by atoms with Crippen molar-refractivity contribution in [2.75, 3.05) is 10.0 Å². The topological polar surface area (TPSA) is 65.3 Å². The van der Waals surface area contributed by atoms with E-state index < -0.39 is 10.8 Å². The molecular weight excluding hydrogens is 436 g/mol. The molecule has 3 aromatic carbocycles. The molecule has 6 heteroatoms. The lowest BCUT2D eigenvalue weighted by atomic mass is 9.85. The molecule has 174 valence electrons. The summed E-state index contributed by atoms with van der Waals surface area (Å²) in [6.45, 7) is 7.86. The standard InChI is InChI=1S/C29H26N4O2/c1-18-15-16-22(17-19(18)2)25-28(20(3)30-32(26(28)34)23-11-7-5-8-12-23)29(25)21(4)31-33(27(29)35)24-13-9-6-10-14-24/h5-17,25H,1-4H3/t28-,29-/m0/s1. The molecule has 0 N–H and O–H groups in total. The average molecular weight is 463 g/mol. The fraction of sp³-hybridized carbons (Fsp3) is 0.241. The van der Waals surface area contributed by atoms with Gasteiger partial charge in [-0.2, -0.15) is 20.2 Å². The van der Waals surface area contributed by atoms with Crippen molar-refractivity contribution >= 4 is 34.6 Å². The van der Waals surface area contributed by atoms with E-state index >= 15 is 0 Å². The Balaban J connectivity index is 1.55. The molecule has 3 aromatic rings. The van der Waals surface area contributed by atoms with E-state index in [2.05, 4.69) is 26.0 Å². The second-order valence-corrected chi connectivity index (χ2v) is 9.67. The van der Waals surface area contributed by atoms with Gasteiger partial charge in [-0.15, -0.1) is 0 Å². The van der Waals surface area contributed by atoms with Crippen molar-refractivity contribution in [2.24, 2.45) is 21.0 Å². The molecule has 2 heterocycles. The number of aryl methyl sites for hydroxylation is 2. The van der Waals surface area contributed by atoms with Crippen LogP contribution >= 0.6 is 0 Å². The third kappa shape index (κ3) is 2.54. The highest BCUT2D eigenvalue weighted by atomic mass is 16.2. The van der Waals surface area contributed by atoms with Gasteiger partial charge in [0.2, 0.25) is 0 Å². The Hall–Kier alpha value is -4.06. The minimum Gasteiger partial charge on any atom is -0.271 e. The van der Waals surface area contributed by atoms with Crippen molar-refractivity contribution in [3.8, 4) is 0 Å². The summed E-state index contributed by atoms with van der Waals surface area (Å²) in [6.07, 6.45) is 0. The smallest absolute Gasteiger partial charge is 0.261 e. The average Bonchev–Trinajstić information content (AvgIpc) is 3.35. The van der Waals surface area contributed by atoms with Gasteiger partial charge in [0.15, 0.2) is 0 Å². The molecular formula is C29H26N4O2. The van der Waals surface area contributed by atoms with Crippen LogP contribution in [-0.2, 0) is 9.59 Å². The predicted octanol–water partition coefficient (Wildman–Crippen LogP) is 5.22. The van der Waals surface area contributed by atoms with Gasteiger partial charge in [0.05, 0.1) is 22.8 Å². The van der Waals surface area contributed by atoms with E-state index in [-0.39, 0.29) is 17.7 Å².